The van der Waals surface area contributed by atoms with Crippen molar-refractivity contribution >= 4 is 5.78 Å². The van der Waals surface area contributed by atoms with Crippen LogP contribution in [0.15, 0.2) is 0 Å². The van der Waals surface area contributed by atoms with Crippen molar-refractivity contribution < 1.29 is 4.79 Å². The number of carbonyl (C=O) groups excluding carboxylic acids is 1. The average Bonchev–Trinajstić information content (AvgIpc) is 1.88. The van der Waals surface area contributed by atoms with Crippen LogP contribution in [0.25, 0.3) is 0 Å². The predicted octanol–water partition coefficient (Wildman–Crippen LogP) is -0.0977. The summed E-state index contributed by atoms with van der Waals surface area (Å²) < 4.78 is 0. The fourth-order valence-corrected chi connectivity index (χ4v) is 0.638. The minimum Gasteiger partial charge on any atom is -0.321 e. The molecule has 1 atom stereocenters. The van der Waals surface area contributed by atoms with E-state index in [1.54, 1.807) is 0 Å². The van der Waals surface area contributed by atoms with E-state index in [1.165, 1.54) is 6.92 Å². The van der Waals surface area contributed by atoms with Crippen molar-refractivity contribution in [3.8, 4) is 0 Å². The Bertz CT molecular complexity index is 104. The van der Waals surface area contributed by atoms with Gasteiger partial charge in [0.15, 0.2) is 0 Å². The minimum absolute atomic E-state index is 0.0675. The van der Waals surface area contributed by atoms with E-state index in [0.29, 0.717) is 0 Å². The van der Waals surface area contributed by atoms with Gasteiger partial charge in [0.1, 0.15) is 5.78 Å². The summed E-state index contributed by atoms with van der Waals surface area (Å²) in [5, 5.41) is 3.10. The third-order valence-corrected chi connectivity index (χ3v) is 1.40. The smallest absolute Gasteiger partial charge is 0.146 e. The normalized spacial score (nSPS) is 13.1. The van der Waals surface area contributed by atoms with Crippen LogP contribution in [0.5, 0.6) is 0 Å². The quantitative estimate of drug-likeness (QED) is 0.530. The lowest BCUT2D eigenvalue weighted by atomic mass is 10.1. The summed E-state index contributed by atoms with van der Waals surface area (Å²) in [5.74, 6) is 0.0675. The SMILES string of the molecule is CCNCC[C@@H](N)C(C)=O. The molecule has 0 radical (unpaired) electrons. The molecule has 0 saturated carbocycles. The van der Waals surface area contributed by atoms with Crippen molar-refractivity contribution in [1.82, 2.24) is 5.32 Å². The maximum absolute atomic E-state index is 10.6. The first-order valence-electron chi connectivity index (χ1n) is 3.65. The van der Waals surface area contributed by atoms with Gasteiger partial charge in [-0.15, -0.1) is 0 Å². The monoisotopic (exact) mass is 144 g/mol. The second-order valence-corrected chi connectivity index (χ2v) is 2.36. The van der Waals surface area contributed by atoms with Crippen LogP contribution in [0.2, 0.25) is 0 Å². The fourth-order valence-electron chi connectivity index (χ4n) is 0.638. The molecule has 0 aliphatic rings. The molecule has 60 valence electrons. The van der Waals surface area contributed by atoms with Crippen LogP contribution in [-0.2, 0) is 4.79 Å². The van der Waals surface area contributed by atoms with Gasteiger partial charge in [-0.05, 0) is 26.4 Å². The third kappa shape index (κ3) is 4.47. The lowest BCUT2D eigenvalue weighted by Gasteiger charge is -2.06. The van der Waals surface area contributed by atoms with Crippen molar-refractivity contribution in [3.63, 3.8) is 0 Å². The Morgan fingerprint density at radius 1 is 1.70 bits per heavy atom. The van der Waals surface area contributed by atoms with Crippen LogP contribution in [0, 0.1) is 0 Å². The standard InChI is InChI=1S/C7H16N2O/c1-3-9-5-4-7(8)6(2)10/h7,9H,3-5,8H2,1-2H3/t7-/m1/s1. The molecule has 0 aromatic rings. The maximum atomic E-state index is 10.6. The molecule has 0 aliphatic heterocycles. The summed E-state index contributed by atoms with van der Waals surface area (Å²) in [5.41, 5.74) is 5.47. The number of Topliss-reactive ketones (excluding diaryl/α,β-unsaturated/α-hetero) is 1. The summed E-state index contributed by atoms with van der Waals surface area (Å²) in [6, 6.07) is -0.279. The molecule has 0 bridgehead atoms. The Morgan fingerprint density at radius 3 is 2.70 bits per heavy atom. The van der Waals surface area contributed by atoms with E-state index in [9.17, 15) is 4.79 Å². The predicted molar refractivity (Wildman–Crippen MR) is 41.8 cm³/mol. The minimum atomic E-state index is -0.279. The molecule has 0 rings (SSSR count). The van der Waals surface area contributed by atoms with Crippen molar-refractivity contribution in [3.05, 3.63) is 0 Å². The van der Waals surface area contributed by atoms with Gasteiger partial charge in [-0.1, -0.05) is 6.92 Å². The molecule has 0 heterocycles. The van der Waals surface area contributed by atoms with Gasteiger partial charge in [-0.3, -0.25) is 4.79 Å². The number of carbonyl (C=O) groups is 1. The largest absolute Gasteiger partial charge is 0.321 e. The number of rotatable bonds is 5. The van der Waals surface area contributed by atoms with Gasteiger partial charge in [-0.25, -0.2) is 0 Å². The van der Waals surface area contributed by atoms with E-state index in [-0.39, 0.29) is 11.8 Å². The highest BCUT2D eigenvalue weighted by molar-refractivity contribution is 5.81. The van der Waals surface area contributed by atoms with Gasteiger partial charge < -0.3 is 11.1 Å². The van der Waals surface area contributed by atoms with Gasteiger partial charge in [0, 0.05) is 0 Å². The van der Waals surface area contributed by atoms with Crippen LogP contribution in [0.4, 0.5) is 0 Å². The van der Waals surface area contributed by atoms with Crippen LogP contribution in [0.1, 0.15) is 20.3 Å². The third-order valence-electron chi connectivity index (χ3n) is 1.40. The van der Waals surface area contributed by atoms with Gasteiger partial charge >= 0.3 is 0 Å². The first-order valence-corrected chi connectivity index (χ1v) is 3.65. The zero-order valence-electron chi connectivity index (χ0n) is 6.68. The van der Waals surface area contributed by atoms with Gasteiger partial charge in [0.05, 0.1) is 6.04 Å². The Hall–Kier alpha value is -0.410. The zero-order chi connectivity index (χ0) is 7.98. The molecule has 0 aliphatic carbocycles. The molecule has 3 nitrogen and oxygen atoms in total. The van der Waals surface area contributed by atoms with Crippen LogP contribution in [0.3, 0.4) is 0 Å². The Labute approximate surface area is 62.0 Å². The summed E-state index contributed by atoms with van der Waals surface area (Å²) in [6.07, 6.45) is 0.739. The molecular weight excluding hydrogens is 128 g/mol. The highest BCUT2D eigenvalue weighted by atomic mass is 16.1. The fraction of sp³-hybridized carbons (Fsp3) is 0.857. The molecule has 3 N–H and O–H groups in total. The number of nitrogens with one attached hydrogen (secondary N) is 1. The van der Waals surface area contributed by atoms with E-state index in [0.717, 1.165) is 19.5 Å². The number of ketones is 1. The summed E-state index contributed by atoms with van der Waals surface area (Å²) in [6.45, 7) is 5.32. The van der Waals surface area contributed by atoms with E-state index >= 15 is 0 Å². The zero-order valence-corrected chi connectivity index (χ0v) is 6.68. The van der Waals surface area contributed by atoms with Gasteiger partial charge in [0.25, 0.3) is 0 Å². The molecule has 0 fully saturated rings. The lowest BCUT2D eigenvalue weighted by molar-refractivity contribution is -0.118. The number of nitrogens with two attached hydrogens (primary N) is 1. The summed E-state index contributed by atoms with van der Waals surface area (Å²) >= 11 is 0. The summed E-state index contributed by atoms with van der Waals surface area (Å²) in [7, 11) is 0. The van der Waals surface area contributed by atoms with Crippen LogP contribution in [-0.4, -0.2) is 24.9 Å². The lowest BCUT2D eigenvalue weighted by Crippen LogP contribution is -2.32. The topological polar surface area (TPSA) is 55.1 Å². The molecule has 3 heteroatoms. The molecule has 10 heavy (non-hydrogen) atoms. The maximum Gasteiger partial charge on any atom is 0.146 e. The van der Waals surface area contributed by atoms with Crippen molar-refractivity contribution in [2.24, 2.45) is 5.73 Å². The van der Waals surface area contributed by atoms with Gasteiger partial charge in [0.2, 0.25) is 0 Å². The van der Waals surface area contributed by atoms with Crippen LogP contribution >= 0.6 is 0 Å². The summed E-state index contributed by atoms with van der Waals surface area (Å²) in [4.78, 5) is 10.6. The molecule has 0 aromatic carbocycles. The number of hydrogen-bond acceptors (Lipinski definition) is 3. The average molecular weight is 144 g/mol. The van der Waals surface area contributed by atoms with Crippen molar-refractivity contribution in [2.45, 2.75) is 26.3 Å². The second kappa shape index (κ2) is 5.38. The van der Waals surface area contributed by atoms with Crippen LogP contribution < -0.4 is 11.1 Å². The first kappa shape index (κ1) is 9.59. The molecule has 0 saturated heterocycles. The van der Waals surface area contributed by atoms with E-state index in [4.69, 9.17) is 5.73 Å². The number of hydrogen-bond donors (Lipinski definition) is 2. The van der Waals surface area contributed by atoms with Crippen molar-refractivity contribution in [1.29, 1.82) is 0 Å². The first-order chi connectivity index (χ1) is 4.68. The highest BCUT2D eigenvalue weighted by Crippen LogP contribution is 1.86. The van der Waals surface area contributed by atoms with E-state index < -0.39 is 0 Å². The molecule has 0 amide bonds. The van der Waals surface area contributed by atoms with Gasteiger partial charge in [-0.2, -0.15) is 0 Å². The Balaban J connectivity index is 3.21. The highest BCUT2D eigenvalue weighted by Gasteiger charge is 2.05. The molecule has 0 aromatic heterocycles. The Morgan fingerprint density at radius 2 is 2.30 bits per heavy atom. The second-order valence-electron chi connectivity index (χ2n) is 2.36. The molecule has 0 unspecified atom stereocenters. The van der Waals surface area contributed by atoms with Crippen molar-refractivity contribution in [2.75, 3.05) is 13.1 Å². The Kier molecular flexibility index (Phi) is 5.16. The molecule has 0 spiro atoms. The van der Waals surface area contributed by atoms with E-state index in [2.05, 4.69) is 5.32 Å². The van der Waals surface area contributed by atoms with E-state index in [1.807, 2.05) is 6.92 Å². The molecular formula is C7H16N2O.